The average Bonchev–Trinajstić information content (AvgIpc) is 3.06. The zero-order chi connectivity index (χ0) is 38.8. The molecular weight excluding hydrogens is 661 g/mol. The van der Waals surface area contributed by atoms with Crippen molar-refractivity contribution in [3.63, 3.8) is 0 Å². The lowest BCUT2D eigenvalue weighted by molar-refractivity contribution is -0.134. The molecule has 4 nitrogen and oxygen atoms in total. The van der Waals surface area contributed by atoms with E-state index in [2.05, 4.69) is 77.9 Å². The molecule has 304 valence electrons. The summed E-state index contributed by atoms with van der Waals surface area (Å²) in [5, 5.41) is 15.6. The number of aliphatic hydroxyl groups is 1. The topological polar surface area (TPSA) is 52.6 Å². The minimum absolute atomic E-state index is 0.0509. The largest absolute Gasteiger partial charge is 0.386 e. The lowest BCUT2D eigenvalue weighted by Crippen LogP contribution is -2.47. The number of rotatable bonds is 23. The maximum absolute atomic E-state index is 13.8. The molecule has 0 spiro atoms. The summed E-state index contributed by atoms with van der Waals surface area (Å²) in [4.78, 5) is 16.0. The molecule has 4 aliphatic rings. The van der Waals surface area contributed by atoms with Gasteiger partial charge in [-0.05, 0) is 118 Å². The number of amides is 1. The summed E-state index contributed by atoms with van der Waals surface area (Å²) in [7, 11) is 2.16. The first-order valence-corrected chi connectivity index (χ1v) is 23.2. The SMILES string of the molecule is CCCC(C(CC(=C1CCC1)C(CCCC(C)CC)C(C1CCC1)C(C)C(NC(C)C(O)c1ccccc1)=C1CCC1)C1CCC1)N(C)C(=O)CC(C)C. The second-order valence-corrected chi connectivity index (χ2v) is 19.3. The molecule has 0 radical (unpaired) electrons. The normalized spacial score (nSPS) is 22.0. The van der Waals surface area contributed by atoms with Gasteiger partial charge in [-0.25, -0.2) is 0 Å². The van der Waals surface area contributed by atoms with Gasteiger partial charge >= 0.3 is 0 Å². The van der Waals surface area contributed by atoms with Crippen LogP contribution >= 0.6 is 0 Å². The Morgan fingerprint density at radius 1 is 0.815 bits per heavy atom. The molecule has 54 heavy (non-hydrogen) atoms. The number of nitrogens with one attached hydrogen (secondary N) is 1. The van der Waals surface area contributed by atoms with Crippen LogP contribution in [0, 0.1) is 47.3 Å². The average molecular weight is 743 g/mol. The Hall–Kier alpha value is -2.07. The second-order valence-electron chi connectivity index (χ2n) is 19.3. The standard InChI is InChI=1S/C50H82N2O2/c1-9-19-46(52(8)47(53)32-34(3)4)45(39-25-16-26-39)33-44(38-23-15-24-38)43(31-14-20-35(5)10-2)48(40-27-17-28-40)36(6)49(41-29-18-30-41)51-37(7)50(54)42-21-12-11-13-22-42/h11-13,21-22,34-37,39-40,43,45-46,48,50-51,54H,9-10,14-20,23-33H2,1-8H3. The molecule has 8 atom stereocenters. The van der Waals surface area contributed by atoms with E-state index >= 15 is 0 Å². The van der Waals surface area contributed by atoms with Gasteiger partial charge < -0.3 is 15.3 Å². The molecule has 0 heterocycles. The van der Waals surface area contributed by atoms with E-state index in [4.69, 9.17) is 0 Å². The summed E-state index contributed by atoms with van der Waals surface area (Å²) in [5.41, 5.74) is 7.75. The van der Waals surface area contributed by atoms with Crippen molar-refractivity contribution in [3.8, 4) is 0 Å². The predicted molar refractivity (Wildman–Crippen MR) is 229 cm³/mol. The van der Waals surface area contributed by atoms with E-state index in [0.29, 0.717) is 48.0 Å². The summed E-state index contributed by atoms with van der Waals surface area (Å²) in [6.45, 7) is 16.3. The van der Waals surface area contributed by atoms with Gasteiger partial charge in [0.15, 0.2) is 0 Å². The monoisotopic (exact) mass is 743 g/mol. The van der Waals surface area contributed by atoms with Crippen LogP contribution in [0.1, 0.15) is 189 Å². The van der Waals surface area contributed by atoms with Gasteiger partial charge in [-0.2, -0.15) is 0 Å². The van der Waals surface area contributed by atoms with Gasteiger partial charge in [0, 0.05) is 25.2 Å². The molecule has 4 fully saturated rings. The number of hydrogen-bond acceptors (Lipinski definition) is 3. The van der Waals surface area contributed by atoms with Gasteiger partial charge in [-0.3, -0.25) is 4.79 Å². The third-order valence-electron chi connectivity index (χ3n) is 15.1. The van der Waals surface area contributed by atoms with E-state index < -0.39 is 6.10 Å². The maximum atomic E-state index is 13.8. The first-order valence-electron chi connectivity index (χ1n) is 23.2. The number of allylic oxidation sites excluding steroid dienone is 4. The van der Waals surface area contributed by atoms with Crippen LogP contribution in [0.5, 0.6) is 0 Å². The van der Waals surface area contributed by atoms with Crippen molar-refractivity contribution in [2.75, 3.05) is 7.05 Å². The van der Waals surface area contributed by atoms with E-state index in [1.54, 1.807) is 11.1 Å². The maximum Gasteiger partial charge on any atom is 0.222 e. The minimum Gasteiger partial charge on any atom is -0.386 e. The fourth-order valence-electron chi connectivity index (χ4n) is 10.7. The van der Waals surface area contributed by atoms with Crippen LogP contribution in [0.15, 0.2) is 52.7 Å². The van der Waals surface area contributed by atoms with E-state index in [1.165, 1.54) is 115 Å². The van der Waals surface area contributed by atoms with Gasteiger partial charge in [0.25, 0.3) is 0 Å². The molecule has 1 aromatic rings. The van der Waals surface area contributed by atoms with E-state index in [0.717, 1.165) is 36.2 Å². The molecule has 4 aliphatic carbocycles. The summed E-state index contributed by atoms with van der Waals surface area (Å²) in [5.74, 6) is 5.22. The van der Waals surface area contributed by atoms with Crippen molar-refractivity contribution in [2.45, 2.75) is 195 Å². The molecule has 0 saturated heterocycles. The predicted octanol–water partition coefficient (Wildman–Crippen LogP) is 13.0. The zero-order valence-electron chi connectivity index (χ0n) is 36.2. The Morgan fingerprint density at radius 3 is 1.94 bits per heavy atom. The summed E-state index contributed by atoms with van der Waals surface area (Å²) in [6, 6.07) is 10.6. The molecule has 4 heteroatoms. The minimum atomic E-state index is -0.538. The molecule has 8 unspecified atom stereocenters. The fraction of sp³-hybridized carbons (Fsp3) is 0.780. The quantitative estimate of drug-likeness (QED) is 0.110. The Bertz CT molecular complexity index is 1340. The molecule has 2 N–H and O–H groups in total. The Morgan fingerprint density at radius 2 is 1.44 bits per heavy atom. The van der Waals surface area contributed by atoms with Crippen LogP contribution < -0.4 is 5.32 Å². The van der Waals surface area contributed by atoms with Gasteiger partial charge in [-0.15, -0.1) is 0 Å². The number of carbonyl (C=O) groups excluding carboxylic acids is 1. The number of hydrogen-bond donors (Lipinski definition) is 2. The van der Waals surface area contributed by atoms with Crippen molar-refractivity contribution in [1.82, 2.24) is 10.2 Å². The number of carbonyl (C=O) groups is 1. The van der Waals surface area contributed by atoms with E-state index in [-0.39, 0.29) is 6.04 Å². The van der Waals surface area contributed by atoms with Crippen molar-refractivity contribution < 1.29 is 9.90 Å². The van der Waals surface area contributed by atoms with Crippen LogP contribution in [0.4, 0.5) is 0 Å². The van der Waals surface area contributed by atoms with Crippen LogP contribution in [-0.4, -0.2) is 35.0 Å². The third kappa shape index (κ3) is 10.9. The van der Waals surface area contributed by atoms with Crippen molar-refractivity contribution in [3.05, 3.63) is 58.3 Å². The highest BCUT2D eigenvalue weighted by molar-refractivity contribution is 5.76. The Kier molecular flexibility index (Phi) is 16.7. The zero-order valence-corrected chi connectivity index (χ0v) is 36.2. The number of nitrogens with zero attached hydrogens (tertiary/aromatic N) is 1. The number of benzene rings is 1. The molecule has 0 aromatic heterocycles. The first-order chi connectivity index (χ1) is 26.0. The lowest BCUT2D eigenvalue weighted by atomic mass is 9.58. The third-order valence-corrected chi connectivity index (χ3v) is 15.1. The van der Waals surface area contributed by atoms with Gasteiger partial charge in [0.05, 0.1) is 12.1 Å². The summed E-state index contributed by atoms with van der Waals surface area (Å²) >= 11 is 0. The van der Waals surface area contributed by atoms with Crippen LogP contribution in [0.25, 0.3) is 0 Å². The lowest BCUT2D eigenvalue weighted by Gasteiger charge is -2.49. The van der Waals surface area contributed by atoms with Crippen LogP contribution in [0.3, 0.4) is 0 Å². The molecule has 1 aromatic carbocycles. The van der Waals surface area contributed by atoms with E-state index in [1.807, 2.05) is 23.8 Å². The smallest absolute Gasteiger partial charge is 0.222 e. The molecule has 5 rings (SSSR count). The van der Waals surface area contributed by atoms with E-state index in [9.17, 15) is 9.90 Å². The van der Waals surface area contributed by atoms with Crippen molar-refractivity contribution in [1.29, 1.82) is 0 Å². The molecule has 0 bridgehead atoms. The Labute approximate surface area is 332 Å². The summed E-state index contributed by atoms with van der Waals surface area (Å²) in [6.07, 6.45) is 24.5. The highest BCUT2D eigenvalue weighted by atomic mass is 16.3. The molecule has 4 saturated carbocycles. The molecular formula is C50H82N2O2. The van der Waals surface area contributed by atoms with Crippen molar-refractivity contribution >= 4 is 5.91 Å². The summed E-state index contributed by atoms with van der Waals surface area (Å²) < 4.78 is 0. The second kappa shape index (κ2) is 20.9. The highest BCUT2D eigenvalue weighted by Crippen LogP contribution is 2.53. The molecule has 0 aliphatic heterocycles. The fourth-order valence-corrected chi connectivity index (χ4v) is 10.7. The molecule has 1 amide bonds. The highest BCUT2D eigenvalue weighted by Gasteiger charge is 2.44. The van der Waals surface area contributed by atoms with Crippen molar-refractivity contribution in [2.24, 2.45) is 47.3 Å². The van der Waals surface area contributed by atoms with Gasteiger partial charge in [0.2, 0.25) is 5.91 Å². The number of aliphatic hydroxyl groups excluding tert-OH is 1. The Balaban J connectivity index is 1.53. The van der Waals surface area contributed by atoms with Gasteiger partial charge in [0.1, 0.15) is 0 Å². The first kappa shape index (κ1) is 43.1. The van der Waals surface area contributed by atoms with Crippen LogP contribution in [-0.2, 0) is 4.79 Å². The van der Waals surface area contributed by atoms with Crippen LogP contribution in [0.2, 0.25) is 0 Å². The van der Waals surface area contributed by atoms with Gasteiger partial charge in [-0.1, -0.05) is 153 Å².